The largest absolute Gasteiger partial charge is 0.356 e. The third kappa shape index (κ3) is 4.90. The zero-order valence-corrected chi connectivity index (χ0v) is 16.6. The highest BCUT2D eigenvalue weighted by atomic mass is 16.1. The first kappa shape index (κ1) is 18.9. The molecule has 2 aromatic carbocycles. The van der Waals surface area contributed by atoms with Gasteiger partial charge < -0.3 is 15.5 Å². The molecule has 2 N–H and O–H groups in total. The maximum atomic E-state index is 12.3. The Morgan fingerprint density at radius 1 is 0.897 bits per heavy atom. The molecule has 0 saturated carbocycles. The SMILES string of the molecule is Cc1nc(Nc2ccc(NC(=O)c3ccccc3)cc2)cc(N2CCCCC2)n1. The molecule has 1 aliphatic rings. The lowest BCUT2D eigenvalue weighted by molar-refractivity contribution is 0.102. The highest BCUT2D eigenvalue weighted by Crippen LogP contribution is 2.23. The molecule has 0 unspecified atom stereocenters. The molecule has 1 fully saturated rings. The first-order valence-electron chi connectivity index (χ1n) is 10.0. The Hall–Kier alpha value is -3.41. The normalized spacial score (nSPS) is 13.8. The van der Waals surface area contributed by atoms with Gasteiger partial charge in [0, 0.05) is 36.1 Å². The number of carbonyl (C=O) groups is 1. The van der Waals surface area contributed by atoms with Crippen molar-refractivity contribution in [2.75, 3.05) is 28.6 Å². The van der Waals surface area contributed by atoms with Gasteiger partial charge in [-0.25, -0.2) is 9.97 Å². The van der Waals surface area contributed by atoms with E-state index in [9.17, 15) is 4.79 Å². The Balaban J connectivity index is 1.43. The number of carbonyl (C=O) groups excluding carboxylic acids is 1. The van der Waals surface area contributed by atoms with Crippen molar-refractivity contribution in [1.82, 2.24) is 9.97 Å². The van der Waals surface area contributed by atoms with Gasteiger partial charge in [0.25, 0.3) is 5.91 Å². The van der Waals surface area contributed by atoms with Crippen LogP contribution in [0.1, 0.15) is 35.4 Å². The molecule has 1 aromatic heterocycles. The predicted octanol–water partition coefficient (Wildman–Crippen LogP) is 4.77. The van der Waals surface area contributed by atoms with Crippen molar-refractivity contribution >= 4 is 28.9 Å². The minimum Gasteiger partial charge on any atom is -0.356 e. The molecule has 0 bridgehead atoms. The van der Waals surface area contributed by atoms with E-state index in [0.717, 1.165) is 41.9 Å². The van der Waals surface area contributed by atoms with E-state index in [0.29, 0.717) is 5.56 Å². The van der Waals surface area contributed by atoms with Gasteiger partial charge >= 0.3 is 0 Å². The molecule has 1 saturated heterocycles. The molecule has 3 aromatic rings. The third-order valence-corrected chi connectivity index (χ3v) is 4.96. The predicted molar refractivity (Wildman–Crippen MR) is 117 cm³/mol. The number of hydrogen-bond donors (Lipinski definition) is 2. The Kier molecular flexibility index (Phi) is 5.70. The van der Waals surface area contributed by atoms with E-state index < -0.39 is 0 Å². The van der Waals surface area contributed by atoms with Crippen molar-refractivity contribution in [3.05, 3.63) is 72.1 Å². The van der Waals surface area contributed by atoms with Crippen LogP contribution in [0.25, 0.3) is 0 Å². The molecule has 2 heterocycles. The standard InChI is InChI=1S/C23H25N5O/c1-17-24-21(16-22(25-17)28-14-6-3-7-15-28)26-19-10-12-20(13-11-19)27-23(29)18-8-4-2-5-9-18/h2,4-5,8-13,16H,3,6-7,14-15H2,1H3,(H,27,29)(H,24,25,26). The van der Waals surface area contributed by atoms with Gasteiger partial charge in [0.15, 0.2) is 0 Å². The first-order chi connectivity index (χ1) is 14.2. The number of nitrogens with one attached hydrogen (secondary N) is 2. The van der Waals surface area contributed by atoms with E-state index in [1.165, 1.54) is 19.3 Å². The highest BCUT2D eigenvalue weighted by molar-refractivity contribution is 6.04. The fourth-order valence-electron chi connectivity index (χ4n) is 3.48. The molecule has 1 aliphatic heterocycles. The monoisotopic (exact) mass is 387 g/mol. The van der Waals surface area contributed by atoms with Gasteiger partial charge in [-0.05, 0) is 62.6 Å². The number of aryl methyl sites for hydroxylation is 1. The fourth-order valence-corrected chi connectivity index (χ4v) is 3.48. The second-order valence-corrected chi connectivity index (χ2v) is 7.23. The van der Waals surface area contributed by atoms with Crippen LogP contribution in [0, 0.1) is 6.92 Å². The first-order valence-corrected chi connectivity index (χ1v) is 10.0. The molecular formula is C23H25N5O. The van der Waals surface area contributed by atoms with Gasteiger partial charge in [-0.15, -0.1) is 0 Å². The van der Waals surface area contributed by atoms with Gasteiger partial charge in [0.2, 0.25) is 0 Å². The Morgan fingerprint density at radius 3 is 2.31 bits per heavy atom. The lowest BCUT2D eigenvalue weighted by atomic mass is 10.1. The second kappa shape index (κ2) is 8.73. The lowest BCUT2D eigenvalue weighted by Crippen LogP contribution is -2.30. The zero-order valence-electron chi connectivity index (χ0n) is 16.6. The van der Waals surface area contributed by atoms with Crippen molar-refractivity contribution in [1.29, 1.82) is 0 Å². The number of piperidine rings is 1. The van der Waals surface area contributed by atoms with E-state index in [4.69, 9.17) is 0 Å². The van der Waals surface area contributed by atoms with Crippen LogP contribution in [0.5, 0.6) is 0 Å². The highest BCUT2D eigenvalue weighted by Gasteiger charge is 2.14. The quantitative estimate of drug-likeness (QED) is 0.660. The minimum atomic E-state index is -0.121. The number of benzene rings is 2. The second-order valence-electron chi connectivity index (χ2n) is 7.23. The minimum absolute atomic E-state index is 0.121. The summed E-state index contributed by atoms with van der Waals surface area (Å²) in [6.07, 6.45) is 3.71. The molecule has 0 spiro atoms. The molecule has 29 heavy (non-hydrogen) atoms. The fraction of sp³-hybridized carbons (Fsp3) is 0.261. The van der Waals surface area contributed by atoms with Crippen LogP contribution >= 0.6 is 0 Å². The summed E-state index contributed by atoms with van der Waals surface area (Å²) in [5.74, 6) is 2.39. The maximum absolute atomic E-state index is 12.3. The van der Waals surface area contributed by atoms with Gasteiger partial charge in [-0.1, -0.05) is 18.2 Å². The van der Waals surface area contributed by atoms with E-state index in [1.54, 1.807) is 12.1 Å². The molecule has 148 valence electrons. The summed E-state index contributed by atoms with van der Waals surface area (Å²) in [5, 5.41) is 6.26. The van der Waals surface area contributed by atoms with Crippen molar-refractivity contribution in [3.8, 4) is 0 Å². The maximum Gasteiger partial charge on any atom is 0.255 e. The molecule has 6 heteroatoms. The van der Waals surface area contributed by atoms with Gasteiger partial charge in [0.05, 0.1) is 0 Å². The summed E-state index contributed by atoms with van der Waals surface area (Å²) in [4.78, 5) is 23.7. The smallest absolute Gasteiger partial charge is 0.255 e. The average Bonchev–Trinajstić information content (AvgIpc) is 2.76. The van der Waals surface area contributed by atoms with E-state index in [-0.39, 0.29) is 5.91 Å². The van der Waals surface area contributed by atoms with E-state index in [2.05, 4.69) is 25.5 Å². The average molecular weight is 387 g/mol. The van der Waals surface area contributed by atoms with Crippen LogP contribution in [-0.4, -0.2) is 29.0 Å². The van der Waals surface area contributed by atoms with E-state index >= 15 is 0 Å². The number of amides is 1. The van der Waals surface area contributed by atoms with Crippen molar-refractivity contribution < 1.29 is 4.79 Å². The summed E-state index contributed by atoms with van der Waals surface area (Å²) in [7, 11) is 0. The van der Waals surface area contributed by atoms with Gasteiger partial charge in [-0.3, -0.25) is 4.79 Å². The molecule has 1 amide bonds. The van der Waals surface area contributed by atoms with Crippen LogP contribution in [-0.2, 0) is 0 Å². The third-order valence-electron chi connectivity index (χ3n) is 4.96. The van der Waals surface area contributed by atoms with Crippen LogP contribution in [0.3, 0.4) is 0 Å². The van der Waals surface area contributed by atoms with Gasteiger partial charge in [-0.2, -0.15) is 0 Å². The van der Waals surface area contributed by atoms with Crippen molar-refractivity contribution in [2.45, 2.75) is 26.2 Å². The van der Waals surface area contributed by atoms with Crippen molar-refractivity contribution in [3.63, 3.8) is 0 Å². The number of hydrogen-bond acceptors (Lipinski definition) is 5. The molecule has 0 aliphatic carbocycles. The van der Waals surface area contributed by atoms with Crippen LogP contribution in [0.15, 0.2) is 60.7 Å². The molecular weight excluding hydrogens is 362 g/mol. The Bertz CT molecular complexity index is 966. The van der Waals surface area contributed by atoms with Crippen molar-refractivity contribution in [2.24, 2.45) is 0 Å². The summed E-state index contributed by atoms with van der Waals surface area (Å²) in [6.45, 7) is 4.01. The summed E-state index contributed by atoms with van der Waals surface area (Å²) >= 11 is 0. The summed E-state index contributed by atoms with van der Waals surface area (Å²) in [5.41, 5.74) is 2.29. The van der Waals surface area contributed by atoms with E-state index in [1.807, 2.05) is 55.5 Å². The summed E-state index contributed by atoms with van der Waals surface area (Å²) in [6, 6.07) is 18.8. The molecule has 0 atom stereocenters. The topological polar surface area (TPSA) is 70.2 Å². The Labute approximate surface area is 171 Å². The molecule has 0 radical (unpaired) electrons. The van der Waals surface area contributed by atoms with Gasteiger partial charge in [0.1, 0.15) is 17.5 Å². The number of anilines is 4. The van der Waals surface area contributed by atoms with Crippen LogP contribution in [0.4, 0.5) is 23.0 Å². The number of aromatic nitrogens is 2. The molecule has 4 rings (SSSR count). The zero-order chi connectivity index (χ0) is 20.1. The Morgan fingerprint density at radius 2 is 1.59 bits per heavy atom. The number of rotatable bonds is 5. The number of nitrogens with zero attached hydrogens (tertiary/aromatic N) is 3. The summed E-state index contributed by atoms with van der Waals surface area (Å²) < 4.78 is 0. The molecule has 6 nitrogen and oxygen atoms in total. The van der Waals surface area contributed by atoms with Crippen LogP contribution in [0.2, 0.25) is 0 Å². The van der Waals surface area contributed by atoms with Crippen LogP contribution < -0.4 is 15.5 Å². The lowest BCUT2D eigenvalue weighted by Gasteiger charge is -2.28.